The van der Waals surface area contributed by atoms with Gasteiger partial charge in [-0.1, -0.05) is 63.7 Å². The SMILES string of the molecule is CC=CC(=O)OCCCC[SiH2]C(I)I. The Morgan fingerprint density at radius 3 is 2.79 bits per heavy atom. The van der Waals surface area contributed by atoms with E-state index >= 15 is 0 Å². The molecule has 0 aliphatic carbocycles. The fourth-order valence-electron chi connectivity index (χ4n) is 0.934. The first kappa shape index (κ1) is 14.9. The summed E-state index contributed by atoms with van der Waals surface area (Å²) in [5.41, 5.74) is 0. The standard InChI is InChI=1S/C9H16I2O2Si/c1-2-5-8(12)13-6-3-4-7-14-9(10)11/h2,5,9H,3-4,6-7,14H2,1H3. The molecule has 0 aromatic rings. The van der Waals surface area contributed by atoms with Gasteiger partial charge in [0, 0.05) is 17.2 Å². The lowest BCUT2D eigenvalue weighted by atomic mass is 10.3. The number of alkyl halides is 2. The monoisotopic (exact) mass is 438 g/mol. The molecule has 0 atom stereocenters. The van der Waals surface area contributed by atoms with E-state index < -0.39 is 0 Å². The summed E-state index contributed by atoms with van der Waals surface area (Å²) in [6, 6.07) is 1.36. The molecule has 0 aliphatic rings. The van der Waals surface area contributed by atoms with E-state index in [9.17, 15) is 4.79 Å². The van der Waals surface area contributed by atoms with E-state index in [1.165, 1.54) is 18.5 Å². The minimum absolute atomic E-state index is 0.108. The number of allylic oxidation sites excluding steroid dienone is 1. The zero-order chi connectivity index (χ0) is 10.8. The van der Waals surface area contributed by atoms with Gasteiger partial charge >= 0.3 is 5.97 Å². The van der Waals surface area contributed by atoms with Crippen molar-refractivity contribution < 1.29 is 9.53 Å². The average Bonchev–Trinajstić information content (AvgIpc) is 2.11. The fraction of sp³-hybridized carbons (Fsp3) is 0.667. The second-order valence-corrected chi connectivity index (χ2v) is 13.7. The molecule has 0 radical (unpaired) electrons. The topological polar surface area (TPSA) is 26.3 Å². The first-order chi connectivity index (χ1) is 6.66. The lowest BCUT2D eigenvalue weighted by Crippen LogP contribution is -2.04. The maximum atomic E-state index is 10.9. The van der Waals surface area contributed by atoms with E-state index in [4.69, 9.17) is 4.74 Å². The summed E-state index contributed by atoms with van der Waals surface area (Å²) >= 11 is 4.96. The zero-order valence-corrected chi connectivity index (χ0v) is 14.1. The normalized spacial score (nSPS) is 12.0. The summed E-state index contributed by atoms with van der Waals surface area (Å²) < 4.78 is 5.83. The van der Waals surface area contributed by atoms with Crippen LogP contribution >= 0.6 is 45.2 Å². The lowest BCUT2D eigenvalue weighted by Gasteiger charge is -2.02. The molecule has 0 saturated carbocycles. The summed E-state index contributed by atoms with van der Waals surface area (Å²) in [6.45, 7) is 2.39. The summed E-state index contributed by atoms with van der Waals surface area (Å²) in [5.74, 6) is -0.217. The van der Waals surface area contributed by atoms with Crippen LogP contribution in [0.4, 0.5) is 0 Å². The highest BCUT2D eigenvalue weighted by Gasteiger charge is 1.99. The maximum Gasteiger partial charge on any atom is 0.330 e. The van der Waals surface area contributed by atoms with Gasteiger partial charge in [0.1, 0.15) is 0 Å². The third-order valence-electron chi connectivity index (χ3n) is 1.61. The molecule has 0 saturated heterocycles. The second-order valence-electron chi connectivity index (χ2n) is 2.91. The van der Waals surface area contributed by atoms with Crippen molar-refractivity contribution in [1.82, 2.24) is 0 Å². The van der Waals surface area contributed by atoms with Gasteiger partial charge in [0.25, 0.3) is 0 Å². The third kappa shape index (κ3) is 11.0. The molecular weight excluding hydrogens is 422 g/mol. The first-order valence-electron chi connectivity index (χ1n) is 4.74. The van der Waals surface area contributed by atoms with Crippen molar-refractivity contribution in [1.29, 1.82) is 0 Å². The molecule has 82 valence electrons. The molecular formula is C9H16I2O2Si. The van der Waals surface area contributed by atoms with Crippen LogP contribution in [-0.4, -0.2) is 23.7 Å². The largest absolute Gasteiger partial charge is 0.463 e. The Morgan fingerprint density at radius 1 is 1.50 bits per heavy atom. The molecule has 0 aromatic carbocycles. The van der Waals surface area contributed by atoms with Gasteiger partial charge in [0.2, 0.25) is 0 Å². The highest BCUT2D eigenvalue weighted by Crippen LogP contribution is 2.10. The van der Waals surface area contributed by atoms with Gasteiger partial charge in [0.05, 0.1) is 6.61 Å². The second kappa shape index (κ2) is 10.4. The lowest BCUT2D eigenvalue weighted by molar-refractivity contribution is -0.137. The summed E-state index contributed by atoms with van der Waals surface area (Å²) in [4.78, 5) is 10.9. The minimum atomic E-state index is -0.217. The van der Waals surface area contributed by atoms with Crippen LogP contribution in [0.15, 0.2) is 12.2 Å². The predicted octanol–water partition coefficient (Wildman–Crippen LogP) is 2.63. The van der Waals surface area contributed by atoms with Crippen LogP contribution < -0.4 is 0 Å². The molecule has 0 rings (SSSR count). The number of ether oxygens (including phenoxy) is 1. The van der Waals surface area contributed by atoms with Crippen LogP contribution in [-0.2, 0) is 9.53 Å². The van der Waals surface area contributed by atoms with Crippen LogP contribution in [0.3, 0.4) is 0 Å². The molecule has 2 nitrogen and oxygen atoms in total. The smallest absolute Gasteiger partial charge is 0.330 e. The number of esters is 1. The molecule has 0 amide bonds. The molecule has 0 spiro atoms. The molecule has 0 heterocycles. The van der Waals surface area contributed by atoms with E-state index in [0.717, 1.165) is 7.98 Å². The highest BCUT2D eigenvalue weighted by atomic mass is 127. The number of carbonyl (C=O) groups is 1. The van der Waals surface area contributed by atoms with Crippen molar-refractivity contribution in [3.8, 4) is 0 Å². The highest BCUT2D eigenvalue weighted by molar-refractivity contribution is 14.2. The van der Waals surface area contributed by atoms with E-state index in [1.54, 1.807) is 6.08 Å². The summed E-state index contributed by atoms with van der Waals surface area (Å²) in [5, 5.41) is 0. The number of hydrogen-bond acceptors (Lipinski definition) is 2. The van der Waals surface area contributed by atoms with Crippen molar-refractivity contribution >= 4 is 60.7 Å². The number of carbonyl (C=O) groups excluding carboxylic acids is 1. The molecule has 5 heteroatoms. The number of unbranched alkanes of at least 4 members (excludes halogenated alkanes) is 1. The Morgan fingerprint density at radius 2 is 2.21 bits per heavy atom. The van der Waals surface area contributed by atoms with Gasteiger partial charge in [0.15, 0.2) is 0 Å². The molecule has 0 aliphatic heterocycles. The van der Waals surface area contributed by atoms with Crippen molar-refractivity contribution in [3.63, 3.8) is 0 Å². The van der Waals surface area contributed by atoms with Gasteiger partial charge in [-0.3, -0.25) is 0 Å². The molecule has 0 aromatic heterocycles. The van der Waals surface area contributed by atoms with Crippen molar-refractivity contribution in [2.45, 2.75) is 27.4 Å². The van der Waals surface area contributed by atoms with E-state index in [0.29, 0.717) is 6.61 Å². The minimum Gasteiger partial charge on any atom is -0.463 e. The molecule has 0 fully saturated rings. The van der Waals surface area contributed by atoms with Crippen LogP contribution in [0, 0.1) is 0 Å². The van der Waals surface area contributed by atoms with E-state index in [2.05, 4.69) is 45.2 Å². The summed E-state index contributed by atoms with van der Waals surface area (Å²) in [7, 11) is 0.108. The van der Waals surface area contributed by atoms with Crippen molar-refractivity contribution in [2.75, 3.05) is 6.61 Å². The van der Waals surface area contributed by atoms with Crippen LogP contribution in [0.5, 0.6) is 0 Å². The van der Waals surface area contributed by atoms with Crippen LogP contribution in [0.1, 0.15) is 19.8 Å². The number of rotatable bonds is 7. The van der Waals surface area contributed by atoms with E-state index in [1.807, 2.05) is 6.92 Å². The van der Waals surface area contributed by atoms with Crippen molar-refractivity contribution in [3.05, 3.63) is 12.2 Å². The Balaban J connectivity index is 3.17. The Kier molecular flexibility index (Phi) is 11.1. The van der Waals surface area contributed by atoms with Gasteiger partial charge < -0.3 is 4.74 Å². The molecule has 14 heavy (non-hydrogen) atoms. The Labute approximate surface area is 115 Å². The van der Waals surface area contributed by atoms with Gasteiger partial charge in [-0.2, -0.15) is 0 Å². The quantitative estimate of drug-likeness (QED) is 0.153. The van der Waals surface area contributed by atoms with E-state index in [-0.39, 0.29) is 15.5 Å². The number of hydrogen-bond donors (Lipinski definition) is 0. The van der Waals surface area contributed by atoms with Crippen LogP contribution in [0.2, 0.25) is 6.04 Å². The predicted molar refractivity (Wildman–Crippen MR) is 80.2 cm³/mol. The van der Waals surface area contributed by atoms with Crippen LogP contribution in [0.25, 0.3) is 0 Å². The molecule has 0 bridgehead atoms. The average molecular weight is 438 g/mol. The van der Waals surface area contributed by atoms with Crippen molar-refractivity contribution in [2.24, 2.45) is 0 Å². The van der Waals surface area contributed by atoms with Gasteiger partial charge in [-0.25, -0.2) is 4.79 Å². The number of halogens is 2. The van der Waals surface area contributed by atoms with Gasteiger partial charge in [-0.05, 0) is 13.3 Å². The first-order valence-corrected chi connectivity index (χ1v) is 9.05. The third-order valence-corrected chi connectivity index (χ3v) is 6.70. The summed E-state index contributed by atoms with van der Waals surface area (Å²) in [6.07, 6.45) is 5.38. The fourth-order valence-corrected chi connectivity index (χ4v) is 4.53. The van der Waals surface area contributed by atoms with Gasteiger partial charge in [-0.15, -0.1) is 0 Å². The Bertz CT molecular complexity index is 184. The molecule has 0 N–H and O–H groups in total. The molecule has 0 unspecified atom stereocenters. The zero-order valence-electron chi connectivity index (χ0n) is 8.34. The maximum absolute atomic E-state index is 10.9. The Hall–Kier alpha value is 0.887.